The molecule has 190 valence electrons. The van der Waals surface area contributed by atoms with Crippen LogP contribution in [-0.4, -0.2) is 26.1 Å². The number of carbonyl (C=O) groups is 3. The van der Waals surface area contributed by atoms with Crippen molar-refractivity contribution >= 4 is 68.0 Å². The number of sulfonamides is 1. The van der Waals surface area contributed by atoms with Crippen molar-refractivity contribution in [3.8, 4) is 0 Å². The maximum absolute atomic E-state index is 13.0. The summed E-state index contributed by atoms with van der Waals surface area (Å²) in [5.41, 5.74) is 2.62. The van der Waals surface area contributed by atoms with Crippen LogP contribution in [0.1, 0.15) is 11.1 Å². The van der Waals surface area contributed by atoms with Gasteiger partial charge in [-0.15, -0.1) is 0 Å². The highest BCUT2D eigenvalue weighted by Crippen LogP contribution is 2.32. The number of anilines is 3. The number of carbonyl (C=O) groups excluding carboxylic acids is 3. The SMILES string of the molecule is Cc1ccc(N2C(=O)C(Cl)=C(Nc3ccc(CC(=O)Nc4ccc(S(N)(=O)=O)cc4)cc3)C2=O)cc1Cl. The zero-order valence-electron chi connectivity index (χ0n) is 19.3. The van der Waals surface area contributed by atoms with E-state index in [2.05, 4.69) is 10.6 Å². The van der Waals surface area contributed by atoms with Gasteiger partial charge in [0.05, 0.1) is 17.0 Å². The van der Waals surface area contributed by atoms with Gasteiger partial charge in [-0.2, -0.15) is 0 Å². The third-order valence-electron chi connectivity index (χ3n) is 5.50. The number of nitrogens with zero attached hydrogens (tertiary/aromatic N) is 1. The Hall–Kier alpha value is -3.70. The quantitative estimate of drug-likeness (QED) is 0.375. The molecule has 0 saturated carbocycles. The van der Waals surface area contributed by atoms with Crippen LogP contribution in [0.3, 0.4) is 0 Å². The molecule has 0 saturated heterocycles. The minimum Gasteiger partial charge on any atom is -0.350 e. The van der Waals surface area contributed by atoms with Gasteiger partial charge in [0.1, 0.15) is 10.7 Å². The van der Waals surface area contributed by atoms with Gasteiger partial charge in [0.2, 0.25) is 15.9 Å². The van der Waals surface area contributed by atoms with E-state index in [9.17, 15) is 22.8 Å². The Morgan fingerprint density at radius 1 is 0.919 bits per heavy atom. The molecule has 1 aliphatic heterocycles. The Kier molecular flexibility index (Phi) is 7.37. The van der Waals surface area contributed by atoms with Gasteiger partial charge in [0, 0.05) is 16.4 Å². The number of hydrogen-bond acceptors (Lipinski definition) is 6. The second-order valence-corrected chi connectivity index (χ2v) is 10.5. The molecule has 3 amide bonds. The van der Waals surface area contributed by atoms with Crippen molar-refractivity contribution in [2.75, 3.05) is 15.5 Å². The summed E-state index contributed by atoms with van der Waals surface area (Å²) in [7, 11) is -3.82. The lowest BCUT2D eigenvalue weighted by molar-refractivity contribution is -0.120. The molecule has 0 bridgehead atoms. The number of primary sulfonamides is 1. The summed E-state index contributed by atoms with van der Waals surface area (Å²) in [5, 5.41) is 10.8. The van der Waals surface area contributed by atoms with E-state index in [-0.39, 0.29) is 28.0 Å². The molecule has 0 spiro atoms. The molecular formula is C25H20Cl2N4O5S. The van der Waals surface area contributed by atoms with Crippen molar-refractivity contribution in [3.63, 3.8) is 0 Å². The fourth-order valence-corrected chi connectivity index (χ4v) is 4.44. The normalized spacial score (nSPS) is 13.8. The number of halogens is 2. The first kappa shape index (κ1) is 26.4. The molecule has 37 heavy (non-hydrogen) atoms. The van der Waals surface area contributed by atoms with Crippen molar-refractivity contribution in [1.29, 1.82) is 0 Å². The molecule has 0 fully saturated rings. The monoisotopic (exact) mass is 558 g/mol. The lowest BCUT2D eigenvalue weighted by atomic mass is 10.1. The molecular weight excluding hydrogens is 539 g/mol. The van der Waals surface area contributed by atoms with Crippen molar-refractivity contribution in [3.05, 3.63) is 93.6 Å². The van der Waals surface area contributed by atoms with Crippen molar-refractivity contribution < 1.29 is 22.8 Å². The van der Waals surface area contributed by atoms with Crippen LogP contribution >= 0.6 is 23.2 Å². The van der Waals surface area contributed by atoms with Crippen LogP contribution in [0, 0.1) is 6.92 Å². The average Bonchev–Trinajstić information content (AvgIpc) is 3.05. The van der Waals surface area contributed by atoms with Crippen molar-refractivity contribution in [2.45, 2.75) is 18.2 Å². The fourth-order valence-electron chi connectivity index (χ4n) is 3.54. The predicted octanol–water partition coefficient (Wildman–Crippen LogP) is 3.91. The van der Waals surface area contributed by atoms with Crippen molar-refractivity contribution in [2.24, 2.45) is 5.14 Å². The van der Waals surface area contributed by atoms with Gasteiger partial charge in [-0.05, 0) is 66.6 Å². The Bertz CT molecular complexity index is 1550. The zero-order chi connectivity index (χ0) is 26.9. The van der Waals surface area contributed by atoms with Crippen LogP contribution in [0.4, 0.5) is 17.1 Å². The van der Waals surface area contributed by atoms with Crippen LogP contribution in [-0.2, 0) is 30.8 Å². The van der Waals surface area contributed by atoms with E-state index >= 15 is 0 Å². The molecule has 1 heterocycles. The number of hydrogen-bond donors (Lipinski definition) is 3. The molecule has 1 aliphatic rings. The number of nitrogens with two attached hydrogens (primary N) is 1. The third kappa shape index (κ3) is 5.83. The van der Waals surface area contributed by atoms with Crippen LogP contribution in [0.5, 0.6) is 0 Å². The average molecular weight is 559 g/mol. The van der Waals surface area contributed by atoms with Gasteiger partial charge in [-0.1, -0.05) is 41.4 Å². The second kappa shape index (κ2) is 10.3. The van der Waals surface area contributed by atoms with E-state index in [1.807, 2.05) is 0 Å². The lowest BCUT2D eigenvalue weighted by Gasteiger charge is -2.16. The molecule has 4 N–H and O–H groups in total. The lowest BCUT2D eigenvalue weighted by Crippen LogP contribution is -2.32. The highest BCUT2D eigenvalue weighted by atomic mass is 35.5. The Morgan fingerprint density at radius 2 is 1.54 bits per heavy atom. The minimum atomic E-state index is -3.82. The number of rotatable bonds is 7. The molecule has 4 rings (SSSR count). The van der Waals surface area contributed by atoms with E-state index in [0.29, 0.717) is 27.6 Å². The fraction of sp³-hybridized carbons (Fsp3) is 0.0800. The Morgan fingerprint density at radius 3 is 2.14 bits per heavy atom. The zero-order valence-corrected chi connectivity index (χ0v) is 21.6. The van der Waals surface area contributed by atoms with E-state index in [1.54, 1.807) is 43.3 Å². The first-order chi connectivity index (χ1) is 17.4. The summed E-state index contributed by atoms with van der Waals surface area (Å²) >= 11 is 12.3. The standard InChI is InChI=1S/C25H20Cl2N4O5S/c1-14-2-9-18(13-20(14)26)31-24(33)22(27)23(25(31)34)30-17-5-3-15(4-6-17)12-21(32)29-16-7-10-19(11-8-16)37(28,35)36/h2-11,13,30H,12H2,1H3,(H,29,32)(H2,28,35,36). The highest BCUT2D eigenvalue weighted by Gasteiger charge is 2.39. The van der Waals surface area contributed by atoms with Crippen LogP contribution < -0.4 is 20.7 Å². The molecule has 9 nitrogen and oxygen atoms in total. The predicted molar refractivity (Wildman–Crippen MR) is 142 cm³/mol. The molecule has 0 radical (unpaired) electrons. The first-order valence-corrected chi connectivity index (χ1v) is 13.1. The van der Waals surface area contributed by atoms with Gasteiger partial charge in [-0.3, -0.25) is 14.4 Å². The molecule has 12 heteroatoms. The van der Waals surface area contributed by atoms with Gasteiger partial charge < -0.3 is 10.6 Å². The summed E-state index contributed by atoms with van der Waals surface area (Å²) in [6.45, 7) is 1.80. The molecule has 0 aliphatic carbocycles. The summed E-state index contributed by atoms with van der Waals surface area (Å²) < 4.78 is 22.7. The smallest absolute Gasteiger partial charge is 0.283 e. The maximum atomic E-state index is 13.0. The van der Waals surface area contributed by atoms with Gasteiger partial charge in [0.25, 0.3) is 11.8 Å². The second-order valence-electron chi connectivity index (χ2n) is 8.18. The Balaban J connectivity index is 1.40. The summed E-state index contributed by atoms with van der Waals surface area (Å²) in [6.07, 6.45) is 0.0417. The number of nitrogens with one attached hydrogen (secondary N) is 2. The molecule has 0 aromatic heterocycles. The first-order valence-electron chi connectivity index (χ1n) is 10.8. The van der Waals surface area contributed by atoms with Crippen LogP contribution in [0.2, 0.25) is 5.02 Å². The van der Waals surface area contributed by atoms with Gasteiger partial charge in [-0.25, -0.2) is 18.5 Å². The molecule has 3 aromatic carbocycles. The summed E-state index contributed by atoms with van der Waals surface area (Å²) in [4.78, 5) is 38.9. The minimum absolute atomic E-state index is 0.0417. The molecule has 0 unspecified atom stereocenters. The molecule has 0 atom stereocenters. The van der Waals surface area contributed by atoms with E-state index in [0.717, 1.165) is 10.5 Å². The van der Waals surface area contributed by atoms with Gasteiger partial charge in [0.15, 0.2) is 0 Å². The van der Waals surface area contributed by atoms with E-state index in [4.69, 9.17) is 28.3 Å². The number of benzene rings is 3. The largest absolute Gasteiger partial charge is 0.350 e. The topological polar surface area (TPSA) is 139 Å². The number of imide groups is 1. The van der Waals surface area contributed by atoms with E-state index in [1.165, 1.54) is 30.3 Å². The molecule has 3 aromatic rings. The van der Waals surface area contributed by atoms with Gasteiger partial charge >= 0.3 is 0 Å². The highest BCUT2D eigenvalue weighted by molar-refractivity contribution is 7.89. The summed E-state index contributed by atoms with van der Waals surface area (Å²) in [6, 6.07) is 17.0. The van der Waals surface area contributed by atoms with Crippen LogP contribution in [0.15, 0.2) is 82.4 Å². The summed E-state index contributed by atoms with van der Waals surface area (Å²) in [5.74, 6) is -1.61. The van der Waals surface area contributed by atoms with Crippen molar-refractivity contribution in [1.82, 2.24) is 0 Å². The number of amides is 3. The number of aryl methyl sites for hydroxylation is 1. The Labute approximate surface area is 222 Å². The van der Waals surface area contributed by atoms with Crippen LogP contribution in [0.25, 0.3) is 0 Å². The third-order valence-corrected chi connectivity index (χ3v) is 7.18. The van der Waals surface area contributed by atoms with E-state index < -0.39 is 21.8 Å². The maximum Gasteiger partial charge on any atom is 0.283 e.